The molecule has 7 aromatic carbocycles. The van der Waals surface area contributed by atoms with Crippen LogP contribution in [0.4, 0.5) is 0 Å². The van der Waals surface area contributed by atoms with Crippen molar-refractivity contribution in [2.45, 2.75) is 0 Å². The first-order chi connectivity index (χ1) is 24.3. The second-order valence-electron chi connectivity index (χ2n) is 12.1. The molecule has 4 heteroatoms. The first-order valence-electron chi connectivity index (χ1n) is 16.5. The number of aromatic nitrogens is 4. The van der Waals surface area contributed by atoms with Crippen molar-refractivity contribution in [1.82, 2.24) is 19.5 Å². The fraction of sp³-hybridized carbons (Fsp3) is 0. The Balaban J connectivity index is 1.17. The van der Waals surface area contributed by atoms with E-state index in [1.165, 1.54) is 27.4 Å². The van der Waals surface area contributed by atoms with E-state index in [1.54, 1.807) is 0 Å². The highest BCUT2D eigenvalue weighted by molar-refractivity contribution is 6.10. The molecule has 9 aromatic rings. The quantitative estimate of drug-likeness (QED) is 0.184. The maximum atomic E-state index is 5.03. The Bertz CT molecular complexity index is 2530. The van der Waals surface area contributed by atoms with E-state index in [9.17, 15) is 0 Å². The topological polar surface area (TPSA) is 43.6 Å². The molecular formula is C45H30N4. The summed E-state index contributed by atoms with van der Waals surface area (Å²) in [5.41, 5.74) is 10.9. The largest absolute Gasteiger partial charge is 0.309 e. The van der Waals surface area contributed by atoms with Gasteiger partial charge >= 0.3 is 0 Å². The lowest BCUT2D eigenvalue weighted by molar-refractivity contribution is 1.07. The highest BCUT2D eigenvalue weighted by Crippen LogP contribution is 2.37. The van der Waals surface area contributed by atoms with E-state index in [-0.39, 0.29) is 0 Å². The average Bonchev–Trinajstić information content (AvgIpc) is 3.52. The minimum absolute atomic E-state index is 0.642. The van der Waals surface area contributed by atoms with E-state index < -0.39 is 0 Å². The van der Waals surface area contributed by atoms with Gasteiger partial charge in [0.2, 0.25) is 0 Å². The number of para-hydroxylation sites is 2. The molecule has 0 amide bonds. The Morgan fingerprint density at radius 1 is 0.306 bits per heavy atom. The molecule has 0 spiro atoms. The zero-order valence-electron chi connectivity index (χ0n) is 26.6. The van der Waals surface area contributed by atoms with Crippen LogP contribution in [0, 0.1) is 0 Å². The van der Waals surface area contributed by atoms with Crippen LogP contribution in [0.2, 0.25) is 0 Å². The zero-order chi connectivity index (χ0) is 32.6. The first kappa shape index (κ1) is 28.6. The molecule has 0 N–H and O–H groups in total. The van der Waals surface area contributed by atoms with Gasteiger partial charge in [0.25, 0.3) is 0 Å². The van der Waals surface area contributed by atoms with Crippen molar-refractivity contribution in [3.63, 3.8) is 0 Å². The van der Waals surface area contributed by atoms with Crippen LogP contribution in [-0.4, -0.2) is 19.5 Å². The van der Waals surface area contributed by atoms with Gasteiger partial charge in [-0.2, -0.15) is 0 Å². The summed E-state index contributed by atoms with van der Waals surface area (Å²) in [5, 5.41) is 2.47. The Morgan fingerprint density at radius 2 is 0.816 bits per heavy atom. The molecule has 0 aliphatic heterocycles. The first-order valence-corrected chi connectivity index (χ1v) is 16.5. The van der Waals surface area contributed by atoms with Crippen LogP contribution in [0.1, 0.15) is 0 Å². The fourth-order valence-corrected chi connectivity index (χ4v) is 6.73. The van der Waals surface area contributed by atoms with Crippen LogP contribution in [0.3, 0.4) is 0 Å². The molecule has 9 rings (SSSR count). The van der Waals surface area contributed by atoms with Crippen LogP contribution in [-0.2, 0) is 0 Å². The normalized spacial score (nSPS) is 11.3. The number of rotatable bonds is 6. The maximum Gasteiger partial charge on any atom is 0.164 e. The van der Waals surface area contributed by atoms with Crippen LogP contribution < -0.4 is 0 Å². The van der Waals surface area contributed by atoms with Crippen LogP contribution in [0.5, 0.6) is 0 Å². The maximum absolute atomic E-state index is 5.03. The van der Waals surface area contributed by atoms with Gasteiger partial charge in [-0.25, -0.2) is 15.0 Å². The lowest BCUT2D eigenvalue weighted by Gasteiger charge is -2.13. The molecule has 2 heterocycles. The lowest BCUT2D eigenvalue weighted by Crippen LogP contribution is -2.01. The minimum atomic E-state index is 0.642. The predicted molar refractivity (Wildman–Crippen MR) is 201 cm³/mol. The Hall–Kier alpha value is -6.65. The summed E-state index contributed by atoms with van der Waals surface area (Å²) in [6, 6.07) is 63.4. The fourth-order valence-electron chi connectivity index (χ4n) is 6.73. The van der Waals surface area contributed by atoms with E-state index in [0.717, 1.165) is 39.1 Å². The van der Waals surface area contributed by atoms with E-state index in [0.29, 0.717) is 17.5 Å². The number of hydrogen-bond acceptors (Lipinski definition) is 3. The number of nitrogens with zero attached hydrogens (tertiary/aromatic N) is 4. The summed E-state index contributed by atoms with van der Waals surface area (Å²) in [5.74, 6) is 1.94. The standard InChI is InChI=1S/C45H30N4/c1-4-15-31(16-5-1)43-46-44(32-17-6-2-7-18-32)48-45(47-43)39-25-11-10-23-37(39)35-20-14-19-33(29-35)34-27-28-42-40(30-34)38-24-12-13-26-41(38)49(42)36-21-8-3-9-22-36/h1-30H. The number of benzene rings is 7. The third kappa shape index (κ3) is 5.26. The molecule has 0 unspecified atom stereocenters. The third-order valence-electron chi connectivity index (χ3n) is 9.06. The summed E-state index contributed by atoms with van der Waals surface area (Å²) >= 11 is 0. The smallest absolute Gasteiger partial charge is 0.164 e. The van der Waals surface area contributed by atoms with Crippen molar-refractivity contribution in [3.05, 3.63) is 182 Å². The van der Waals surface area contributed by atoms with Crippen molar-refractivity contribution in [2.24, 2.45) is 0 Å². The molecule has 0 radical (unpaired) electrons. The van der Waals surface area contributed by atoms with Gasteiger partial charge in [-0.1, -0.05) is 146 Å². The summed E-state index contributed by atoms with van der Waals surface area (Å²) < 4.78 is 2.35. The zero-order valence-corrected chi connectivity index (χ0v) is 26.6. The second-order valence-corrected chi connectivity index (χ2v) is 12.1. The third-order valence-corrected chi connectivity index (χ3v) is 9.06. The van der Waals surface area contributed by atoms with E-state index in [1.807, 2.05) is 66.7 Å². The summed E-state index contributed by atoms with van der Waals surface area (Å²) in [7, 11) is 0. The van der Waals surface area contributed by atoms with Gasteiger partial charge in [-0.15, -0.1) is 0 Å². The molecule has 4 nitrogen and oxygen atoms in total. The van der Waals surface area contributed by atoms with Gasteiger partial charge in [-0.3, -0.25) is 0 Å². The molecule has 0 aliphatic rings. The van der Waals surface area contributed by atoms with E-state index in [2.05, 4.69) is 120 Å². The van der Waals surface area contributed by atoms with Crippen LogP contribution in [0.25, 0.3) is 83.9 Å². The predicted octanol–water partition coefficient (Wildman–Crippen LogP) is 11.3. The van der Waals surface area contributed by atoms with Gasteiger partial charge < -0.3 is 4.57 Å². The van der Waals surface area contributed by atoms with E-state index in [4.69, 9.17) is 15.0 Å². The number of fused-ring (bicyclic) bond motifs is 3. The molecule has 0 fully saturated rings. The molecule has 0 saturated heterocycles. The summed E-state index contributed by atoms with van der Waals surface area (Å²) in [6.45, 7) is 0. The van der Waals surface area contributed by atoms with Crippen molar-refractivity contribution in [3.8, 4) is 62.1 Å². The highest BCUT2D eigenvalue weighted by Gasteiger charge is 2.17. The average molecular weight is 627 g/mol. The molecule has 49 heavy (non-hydrogen) atoms. The van der Waals surface area contributed by atoms with Gasteiger partial charge in [-0.05, 0) is 58.7 Å². The van der Waals surface area contributed by atoms with Crippen molar-refractivity contribution < 1.29 is 0 Å². The monoisotopic (exact) mass is 626 g/mol. The highest BCUT2D eigenvalue weighted by atomic mass is 15.0. The van der Waals surface area contributed by atoms with Gasteiger partial charge in [0.05, 0.1) is 11.0 Å². The molecule has 230 valence electrons. The minimum Gasteiger partial charge on any atom is -0.309 e. The lowest BCUT2D eigenvalue weighted by atomic mass is 9.95. The Kier molecular flexibility index (Phi) is 7.10. The van der Waals surface area contributed by atoms with Crippen LogP contribution in [0.15, 0.2) is 182 Å². The second kappa shape index (κ2) is 12.2. The van der Waals surface area contributed by atoms with E-state index >= 15 is 0 Å². The van der Waals surface area contributed by atoms with Crippen LogP contribution >= 0.6 is 0 Å². The Labute approximate surface area is 284 Å². The van der Waals surface area contributed by atoms with Gasteiger partial charge in [0.15, 0.2) is 17.5 Å². The molecule has 0 bridgehead atoms. The number of hydrogen-bond donors (Lipinski definition) is 0. The van der Waals surface area contributed by atoms with Crippen molar-refractivity contribution >= 4 is 21.8 Å². The van der Waals surface area contributed by atoms with Gasteiger partial charge in [0, 0.05) is 33.2 Å². The molecule has 0 saturated carbocycles. The molecular weight excluding hydrogens is 597 g/mol. The molecule has 2 aromatic heterocycles. The SMILES string of the molecule is c1ccc(-c2nc(-c3ccccc3)nc(-c3ccccc3-c3cccc(-c4ccc5c(c4)c4ccccc4n5-c4ccccc4)c3)n2)cc1. The van der Waals surface area contributed by atoms with Crippen molar-refractivity contribution in [1.29, 1.82) is 0 Å². The van der Waals surface area contributed by atoms with Crippen molar-refractivity contribution in [2.75, 3.05) is 0 Å². The van der Waals surface area contributed by atoms with Gasteiger partial charge in [0.1, 0.15) is 0 Å². The summed E-state index contributed by atoms with van der Waals surface area (Å²) in [4.78, 5) is 15.0. The summed E-state index contributed by atoms with van der Waals surface area (Å²) in [6.07, 6.45) is 0. The molecule has 0 atom stereocenters. The Morgan fingerprint density at radius 3 is 1.53 bits per heavy atom. The molecule has 0 aliphatic carbocycles.